The fourth-order valence-electron chi connectivity index (χ4n) is 2.24. The Kier molecular flexibility index (Phi) is 3.61. The number of pyridine rings is 1. The van der Waals surface area contributed by atoms with Gasteiger partial charge in [0.1, 0.15) is 5.82 Å². The Morgan fingerprint density at radius 1 is 1.35 bits per heavy atom. The Bertz CT molecular complexity index is 380. The summed E-state index contributed by atoms with van der Waals surface area (Å²) in [7, 11) is 0. The van der Waals surface area contributed by atoms with Crippen LogP contribution in [0.3, 0.4) is 0 Å². The summed E-state index contributed by atoms with van der Waals surface area (Å²) in [5, 5.41) is 3.40. The van der Waals surface area contributed by atoms with E-state index in [9.17, 15) is 4.79 Å². The van der Waals surface area contributed by atoms with Gasteiger partial charge < -0.3 is 11.1 Å². The first-order valence-electron chi connectivity index (χ1n) is 6.17. The highest BCUT2D eigenvalue weighted by Gasteiger charge is 2.18. The maximum atomic E-state index is 10.9. The fourth-order valence-corrected chi connectivity index (χ4v) is 2.24. The molecule has 0 atom stereocenters. The summed E-state index contributed by atoms with van der Waals surface area (Å²) >= 11 is 0. The highest BCUT2D eigenvalue weighted by molar-refractivity contribution is 5.92. The Morgan fingerprint density at radius 3 is 2.59 bits per heavy atom. The fraction of sp³-hybridized carbons (Fsp3) is 0.538. The van der Waals surface area contributed by atoms with Gasteiger partial charge in [-0.25, -0.2) is 4.98 Å². The largest absolute Gasteiger partial charge is 0.367 e. The zero-order valence-corrected chi connectivity index (χ0v) is 10.1. The van der Waals surface area contributed by atoms with Gasteiger partial charge in [0, 0.05) is 12.2 Å². The number of nitrogens with zero attached hydrogens (tertiary/aromatic N) is 1. The minimum absolute atomic E-state index is 0.435. The quantitative estimate of drug-likeness (QED) is 0.840. The van der Waals surface area contributed by atoms with Crippen molar-refractivity contribution in [3.63, 3.8) is 0 Å². The van der Waals surface area contributed by atoms with Crippen LogP contribution < -0.4 is 11.1 Å². The lowest BCUT2D eigenvalue weighted by molar-refractivity contribution is 0.1000. The van der Waals surface area contributed by atoms with Gasteiger partial charge in [-0.3, -0.25) is 4.79 Å². The lowest BCUT2D eigenvalue weighted by atomic mass is 9.87. The Balaban J connectivity index is 1.92. The molecule has 1 aromatic rings. The third kappa shape index (κ3) is 3.19. The lowest BCUT2D eigenvalue weighted by Crippen LogP contribution is -2.25. The molecule has 1 aliphatic carbocycles. The molecule has 92 valence electrons. The number of nitrogens with two attached hydrogens (primary N) is 1. The zero-order valence-electron chi connectivity index (χ0n) is 10.1. The van der Waals surface area contributed by atoms with Crippen molar-refractivity contribution in [3.05, 3.63) is 23.9 Å². The Morgan fingerprint density at radius 2 is 2.06 bits per heavy atom. The average molecular weight is 233 g/mol. The van der Waals surface area contributed by atoms with Crippen LogP contribution in [0.15, 0.2) is 18.3 Å². The van der Waals surface area contributed by atoms with E-state index in [1.165, 1.54) is 31.9 Å². The van der Waals surface area contributed by atoms with Crippen molar-refractivity contribution in [3.8, 4) is 0 Å². The molecule has 4 heteroatoms. The minimum atomic E-state index is -0.435. The van der Waals surface area contributed by atoms with E-state index in [1.807, 2.05) is 6.07 Å². The van der Waals surface area contributed by atoms with Crippen LogP contribution in [0.4, 0.5) is 5.82 Å². The third-order valence-corrected chi connectivity index (χ3v) is 3.42. The molecule has 0 aliphatic heterocycles. The standard InChI is InChI=1S/C13H19N3O/c1-9-2-5-11(6-3-9)16-12-7-4-10(8-15-12)13(14)17/h4,7-9,11H,2-3,5-6H2,1H3,(H2,14,17)(H,15,16). The van der Waals surface area contributed by atoms with Crippen molar-refractivity contribution in [1.29, 1.82) is 0 Å². The average Bonchev–Trinajstić information content (AvgIpc) is 2.33. The summed E-state index contributed by atoms with van der Waals surface area (Å²) in [4.78, 5) is 15.1. The molecule has 4 nitrogen and oxygen atoms in total. The summed E-state index contributed by atoms with van der Waals surface area (Å²) in [6.07, 6.45) is 6.46. The number of carbonyl (C=O) groups is 1. The predicted octanol–water partition coefficient (Wildman–Crippen LogP) is 2.17. The van der Waals surface area contributed by atoms with E-state index in [4.69, 9.17) is 5.73 Å². The first-order chi connectivity index (χ1) is 8.15. The van der Waals surface area contributed by atoms with Crippen LogP contribution in [-0.2, 0) is 0 Å². The van der Waals surface area contributed by atoms with E-state index >= 15 is 0 Å². The zero-order chi connectivity index (χ0) is 12.3. The minimum Gasteiger partial charge on any atom is -0.367 e. The molecule has 1 amide bonds. The van der Waals surface area contributed by atoms with Crippen molar-refractivity contribution in [1.82, 2.24) is 4.98 Å². The normalized spacial score (nSPS) is 24.3. The molecule has 1 aromatic heterocycles. The van der Waals surface area contributed by atoms with Gasteiger partial charge in [0.05, 0.1) is 5.56 Å². The molecular formula is C13H19N3O. The number of rotatable bonds is 3. The molecule has 0 unspecified atom stereocenters. The summed E-state index contributed by atoms with van der Waals surface area (Å²) < 4.78 is 0. The molecule has 0 spiro atoms. The molecule has 0 bridgehead atoms. The number of amides is 1. The maximum Gasteiger partial charge on any atom is 0.250 e. The molecule has 2 rings (SSSR count). The highest BCUT2D eigenvalue weighted by Crippen LogP contribution is 2.25. The van der Waals surface area contributed by atoms with Crippen molar-refractivity contribution >= 4 is 11.7 Å². The molecule has 1 heterocycles. The van der Waals surface area contributed by atoms with Crippen LogP contribution in [0.2, 0.25) is 0 Å². The van der Waals surface area contributed by atoms with Gasteiger partial charge in [-0.1, -0.05) is 6.92 Å². The van der Waals surface area contributed by atoms with Crippen LogP contribution in [0.1, 0.15) is 43.0 Å². The van der Waals surface area contributed by atoms with Crippen molar-refractivity contribution in [2.45, 2.75) is 38.6 Å². The van der Waals surface area contributed by atoms with Gasteiger partial charge in [-0.05, 0) is 43.7 Å². The lowest BCUT2D eigenvalue weighted by Gasteiger charge is -2.27. The van der Waals surface area contributed by atoms with E-state index in [-0.39, 0.29) is 0 Å². The van der Waals surface area contributed by atoms with Gasteiger partial charge in [0.2, 0.25) is 5.91 Å². The molecule has 0 radical (unpaired) electrons. The van der Waals surface area contributed by atoms with Crippen LogP contribution in [0, 0.1) is 5.92 Å². The van der Waals surface area contributed by atoms with Gasteiger partial charge in [-0.15, -0.1) is 0 Å². The maximum absolute atomic E-state index is 10.9. The Hall–Kier alpha value is -1.58. The molecule has 1 fully saturated rings. The highest BCUT2D eigenvalue weighted by atomic mass is 16.1. The van der Waals surface area contributed by atoms with Crippen molar-refractivity contribution in [2.75, 3.05) is 5.32 Å². The van der Waals surface area contributed by atoms with E-state index in [0.717, 1.165) is 11.7 Å². The number of nitrogens with one attached hydrogen (secondary N) is 1. The summed E-state index contributed by atoms with van der Waals surface area (Å²) in [5.41, 5.74) is 5.62. The van der Waals surface area contributed by atoms with E-state index in [2.05, 4.69) is 17.2 Å². The molecule has 0 aromatic carbocycles. The number of carbonyl (C=O) groups excluding carboxylic acids is 1. The monoisotopic (exact) mass is 233 g/mol. The molecule has 17 heavy (non-hydrogen) atoms. The summed E-state index contributed by atoms with van der Waals surface area (Å²) in [6, 6.07) is 4.04. The number of primary amides is 1. The molecule has 3 N–H and O–H groups in total. The van der Waals surface area contributed by atoms with Crippen LogP contribution in [0.25, 0.3) is 0 Å². The van der Waals surface area contributed by atoms with Crippen molar-refractivity contribution < 1.29 is 4.79 Å². The first kappa shape index (κ1) is 11.9. The van der Waals surface area contributed by atoms with Gasteiger partial charge in [0.15, 0.2) is 0 Å². The SMILES string of the molecule is CC1CCC(Nc2ccc(C(N)=O)cn2)CC1. The smallest absolute Gasteiger partial charge is 0.250 e. The second kappa shape index (κ2) is 5.17. The second-order valence-corrected chi connectivity index (χ2v) is 4.90. The number of anilines is 1. The topological polar surface area (TPSA) is 68.0 Å². The first-order valence-corrected chi connectivity index (χ1v) is 6.17. The molecular weight excluding hydrogens is 214 g/mol. The van der Waals surface area contributed by atoms with E-state index in [0.29, 0.717) is 11.6 Å². The van der Waals surface area contributed by atoms with Gasteiger partial charge >= 0.3 is 0 Å². The van der Waals surface area contributed by atoms with Crippen LogP contribution >= 0.6 is 0 Å². The molecule has 0 saturated heterocycles. The van der Waals surface area contributed by atoms with E-state index < -0.39 is 5.91 Å². The molecule has 1 aliphatic rings. The van der Waals surface area contributed by atoms with Gasteiger partial charge in [0.25, 0.3) is 0 Å². The Labute approximate surface area is 102 Å². The van der Waals surface area contributed by atoms with Crippen molar-refractivity contribution in [2.24, 2.45) is 11.7 Å². The van der Waals surface area contributed by atoms with Crippen LogP contribution in [-0.4, -0.2) is 16.9 Å². The summed E-state index contributed by atoms with van der Waals surface area (Å²) in [6.45, 7) is 2.30. The number of hydrogen-bond donors (Lipinski definition) is 2. The number of hydrogen-bond acceptors (Lipinski definition) is 3. The predicted molar refractivity (Wildman–Crippen MR) is 67.8 cm³/mol. The molecule has 1 saturated carbocycles. The third-order valence-electron chi connectivity index (χ3n) is 3.42. The summed E-state index contributed by atoms with van der Waals surface area (Å²) in [5.74, 6) is 1.24. The van der Waals surface area contributed by atoms with Gasteiger partial charge in [-0.2, -0.15) is 0 Å². The van der Waals surface area contributed by atoms with E-state index in [1.54, 1.807) is 6.07 Å². The second-order valence-electron chi connectivity index (χ2n) is 4.90. The number of aromatic nitrogens is 1. The van der Waals surface area contributed by atoms with Crippen LogP contribution in [0.5, 0.6) is 0 Å².